The Labute approximate surface area is 223 Å². The fourth-order valence-corrected chi connectivity index (χ4v) is 4.81. The lowest BCUT2D eigenvalue weighted by Crippen LogP contribution is -2.48. The molecule has 2 aromatic rings. The van der Waals surface area contributed by atoms with Gasteiger partial charge in [-0.2, -0.15) is 0 Å². The summed E-state index contributed by atoms with van der Waals surface area (Å²) < 4.78 is 32.3. The van der Waals surface area contributed by atoms with E-state index in [0.29, 0.717) is 24.4 Å². The van der Waals surface area contributed by atoms with Crippen LogP contribution in [-0.4, -0.2) is 57.6 Å². The number of amides is 2. The summed E-state index contributed by atoms with van der Waals surface area (Å²) in [6.07, 6.45) is 1.52. The van der Waals surface area contributed by atoms with Crippen LogP contribution in [0.2, 0.25) is 0 Å². The van der Waals surface area contributed by atoms with E-state index in [1.54, 1.807) is 36.1 Å². The van der Waals surface area contributed by atoms with E-state index in [4.69, 9.17) is 4.74 Å². The molecule has 0 aliphatic heterocycles. The van der Waals surface area contributed by atoms with E-state index in [-0.39, 0.29) is 37.2 Å². The van der Waals surface area contributed by atoms with Crippen molar-refractivity contribution in [2.24, 2.45) is 5.92 Å². The second kappa shape index (κ2) is 13.6. The van der Waals surface area contributed by atoms with Gasteiger partial charge in [0.05, 0.1) is 19.1 Å². The second-order valence-electron chi connectivity index (χ2n) is 9.10. The number of hydrogen-bond acceptors (Lipinski definition) is 5. The smallest absolute Gasteiger partial charge is 0.242 e. The minimum atomic E-state index is -3.57. The van der Waals surface area contributed by atoms with Gasteiger partial charge in [0.2, 0.25) is 21.8 Å². The molecule has 0 heterocycles. The molecule has 0 aliphatic carbocycles. The van der Waals surface area contributed by atoms with E-state index in [1.807, 2.05) is 38.1 Å². The highest BCUT2D eigenvalue weighted by Crippen LogP contribution is 2.24. The highest BCUT2D eigenvalue weighted by Gasteiger charge is 2.26. The number of hydrogen-bond donors (Lipinski definition) is 1. The molecule has 8 nitrogen and oxygen atoms in total. The van der Waals surface area contributed by atoms with Crippen molar-refractivity contribution in [2.75, 3.05) is 30.8 Å². The fourth-order valence-electron chi connectivity index (χ4n) is 3.59. The third kappa shape index (κ3) is 9.13. The molecular formula is C26H36BrN3O5S. The zero-order valence-corrected chi connectivity index (χ0v) is 23.9. The van der Waals surface area contributed by atoms with Gasteiger partial charge >= 0.3 is 0 Å². The number of nitrogens with zero attached hydrogens (tertiary/aromatic N) is 2. The van der Waals surface area contributed by atoms with Gasteiger partial charge in [-0.25, -0.2) is 8.42 Å². The zero-order chi connectivity index (χ0) is 26.9. The van der Waals surface area contributed by atoms with Gasteiger partial charge in [-0.3, -0.25) is 13.9 Å². The van der Waals surface area contributed by atoms with Crippen LogP contribution in [0.1, 0.15) is 39.2 Å². The Morgan fingerprint density at radius 2 is 1.75 bits per heavy atom. The van der Waals surface area contributed by atoms with E-state index in [2.05, 4.69) is 21.2 Å². The SMILES string of the molecule is COc1cccc(N(CCCC(=O)N(Cc2ccc(Br)cc2)[C@@H](C)C(=O)NCC(C)C)S(C)(=O)=O)c1. The topological polar surface area (TPSA) is 96.0 Å². The van der Waals surface area contributed by atoms with Gasteiger partial charge in [-0.1, -0.05) is 48.0 Å². The van der Waals surface area contributed by atoms with E-state index < -0.39 is 16.1 Å². The first-order chi connectivity index (χ1) is 16.9. The van der Waals surface area contributed by atoms with Crippen molar-refractivity contribution in [1.29, 1.82) is 0 Å². The molecule has 0 spiro atoms. The molecule has 2 rings (SSSR count). The summed E-state index contributed by atoms with van der Waals surface area (Å²) in [5.41, 5.74) is 1.36. The lowest BCUT2D eigenvalue weighted by Gasteiger charge is -2.29. The molecule has 198 valence electrons. The number of benzene rings is 2. The molecule has 0 aromatic heterocycles. The maximum atomic E-state index is 13.3. The average Bonchev–Trinajstić information content (AvgIpc) is 2.83. The third-order valence-corrected chi connectivity index (χ3v) is 7.33. The Hall–Kier alpha value is -2.59. The normalized spacial score (nSPS) is 12.2. The van der Waals surface area contributed by atoms with Gasteiger partial charge < -0.3 is 15.0 Å². The zero-order valence-electron chi connectivity index (χ0n) is 21.5. The predicted octanol–water partition coefficient (Wildman–Crippen LogP) is 4.19. The minimum absolute atomic E-state index is 0.0916. The molecule has 0 fully saturated rings. The number of ether oxygens (including phenoxy) is 1. The maximum absolute atomic E-state index is 13.3. The summed E-state index contributed by atoms with van der Waals surface area (Å²) in [6, 6.07) is 13.7. The number of halogens is 1. The summed E-state index contributed by atoms with van der Waals surface area (Å²) in [5.74, 6) is 0.391. The highest BCUT2D eigenvalue weighted by atomic mass is 79.9. The Morgan fingerprint density at radius 3 is 2.33 bits per heavy atom. The van der Waals surface area contributed by atoms with Crippen LogP contribution in [0.15, 0.2) is 53.0 Å². The lowest BCUT2D eigenvalue weighted by atomic mass is 10.1. The molecule has 1 N–H and O–H groups in total. The lowest BCUT2D eigenvalue weighted by molar-refractivity contribution is -0.140. The molecule has 10 heteroatoms. The Bertz CT molecular complexity index is 1120. The molecule has 1 atom stereocenters. The molecular weight excluding hydrogens is 546 g/mol. The Balaban J connectivity index is 2.16. The fraction of sp³-hybridized carbons (Fsp3) is 0.462. The summed E-state index contributed by atoms with van der Waals surface area (Å²) in [4.78, 5) is 27.7. The van der Waals surface area contributed by atoms with Crippen LogP contribution in [0.5, 0.6) is 5.75 Å². The molecule has 0 saturated heterocycles. The first-order valence-electron chi connectivity index (χ1n) is 11.9. The van der Waals surface area contributed by atoms with Crippen LogP contribution in [0.25, 0.3) is 0 Å². The van der Waals surface area contributed by atoms with Crippen LogP contribution in [0.3, 0.4) is 0 Å². The first-order valence-corrected chi connectivity index (χ1v) is 14.5. The highest BCUT2D eigenvalue weighted by molar-refractivity contribution is 9.10. The molecule has 0 unspecified atom stereocenters. The van der Waals surface area contributed by atoms with E-state index in [9.17, 15) is 18.0 Å². The van der Waals surface area contributed by atoms with E-state index in [0.717, 1.165) is 16.3 Å². The molecule has 0 aliphatic rings. The molecule has 2 aromatic carbocycles. The second-order valence-corrected chi connectivity index (χ2v) is 11.9. The Kier molecular flexibility index (Phi) is 11.2. The van der Waals surface area contributed by atoms with E-state index >= 15 is 0 Å². The number of carbonyl (C=O) groups excluding carboxylic acids is 2. The van der Waals surface area contributed by atoms with Crippen LogP contribution in [-0.2, 0) is 26.2 Å². The average molecular weight is 583 g/mol. The molecule has 0 radical (unpaired) electrons. The van der Waals surface area contributed by atoms with Crippen molar-refractivity contribution >= 4 is 43.5 Å². The third-order valence-electron chi connectivity index (χ3n) is 5.61. The van der Waals surface area contributed by atoms with Crippen molar-refractivity contribution in [2.45, 2.75) is 46.2 Å². The number of sulfonamides is 1. The van der Waals surface area contributed by atoms with Crippen molar-refractivity contribution in [3.05, 3.63) is 58.6 Å². The predicted molar refractivity (Wildman–Crippen MR) is 146 cm³/mol. The number of rotatable bonds is 13. The summed E-state index contributed by atoms with van der Waals surface area (Å²) in [7, 11) is -2.06. The molecule has 0 bridgehead atoms. The van der Waals surface area contributed by atoms with Gasteiger partial charge in [0.15, 0.2) is 0 Å². The van der Waals surface area contributed by atoms with Crippen molar-refractivity contribution in [1.82, 2.24) is 10.2 Å². The number of anilines is 1. The quantitative estimate of drug-likeness (QED) is 0.382. The summed E-state index contributed by atoms with van der Waals surface area (Å²) >= 11 is 3.41. The van der Waals surface area contributed by atoms with E-state index in [1.165, 1.54) is 11.4 Å². The van der Waals surface area contributed by atoms with Crippen molar-refractivity contribution in [3.63, 3.8) is 0 Å². The van der Waals surface area contributed by atoms with Gasteiger partial charge in [0, 0.05) is 36.6 Å². The van der Waals surface area contributed by atoms with Crippen LogP contribution in [0.4, 0.5) is 5.69 Å². The van der Waals surface area contributed by atoms with Crippen molar-refractivity contribution in [3.8, 4) is 5.75 Å². The van der Waals surface area contributed by atoms with Crippen LogP contribution < -0.4 is 14.4 Å². The van der Waals surface area contributed by atoms with Gasteiger partial charge in [0.1, 0.15) is 11.8 Å². The van der Waals surface area contributed by atoms with Gasteiger partial charge in [-0.05, 0) is 49.1 Å². The first kappa shape index (κ1) is 29.6. The maximum Gasteiger partial charge on any atom is 0.242 e. The van der Waals surface area contributed by atoms with Gasteiger partial charge in [0.25, 0.3) is 0 Å². The molecule has 0 saturated carbocycles. The number of methoxy groups -OCH3 is 1. The summed E-state index contributed by atoms with van der Waals surface area (Å²) in [5, 5.41) is 2.90. The van der Waals surface area contributed by atoms with Crippen LogP contribution in [0, 0.1) is 5.92 Å². The van der Waals surface area contributed by atoms with Crippen molar-refractivity contribution < 1.29 is 22.7 Å². The molecule has 2 amide bonds. The number of nitrogens with one attached hydrogen (secondary N) is 1. The molecule has 36 heavy (non-hydrogen) atoms. The van der Waals surface area contributed by atoms with Crippen LogP contribution >= 0.6 is 15.9 Å². The monoisotopic (exact) mass is 581 g/mol. The number of carbonyl (C=O) groups is 2. The van der Waals surface area contributed by atoms with Gasteiger partial charge in [-0.15, -0.1) is 0 Å². The minimum Gasteiger partial charge on any atom is -0.497 e. The Morgan fingerprint density at radius 1 is 1.08 bits per heavy atom. The summed E-state index contributed by atoms with van der Waals surface area (Å²) in [6.45, 7) is 6.64. The standard InChI is InChI=1S/C26H36BrN3O5S/c1-19(2)17-28-26(32)20(3)29(18-21-11-13-22(27)14-12-21)25(31)10-7-15-30(36(5,33)34)23-8-6-9-24(16-23)35-4/h6,8-9,11-14,16,19-20H,7,10,15,17-18H2,1-5H3,(H,28,32)/t20-/m0/s1. The largest absolute Gasteiger partial charge is 0.497 e.